The summed E-state index contributed by atoms with van der Waals surface area (Å²) < 4.78 is 50.4. The molecule has 2 aromatic heterocycles. The molecule has 7 nitrogen and oxygen atoms in total. The third-order valence-corrected chi connectivity index (χ3v) is 5.05. The highest BCUT2D eigenvalue weighted by molar-refractivity contribution is 6.09. The van der Waals surface area contributed by atoms with Gasteiger partial charge in [0.1, 0.15) is 5.76 Å². The van der Waals surface area contributed by atoms with Gasteiger partial charge in [-0.3, -0.25) is 9.59 Å². The maximum atomic E-state index is 13.2. The number of para-hydroxylation sites is 1. The number of amides is 2. The van der Waals surface area contributed by atoms with Gasteiger partial charge in [0.25, 0.3) is 5.91 Å². The third-order valence-electron chi connectivity index (χ3n) is 5.05. The Kier molecular flexibility index (Phi) is 5.60. The molecule has 3 aromatic rings. The molecule has 166 valence electrons. The summed E-state index contributed by atoms with van der Waals surface area (Å²) in [6.07, 6.45) is -1.51. The van der Waals surface area contributed by atoms with Gasteiger partial charge in [-0.2, -0.15) is 18.3 Å². The van der Waals surface area contributed by atoms with Crippen LogP contribution < -0.4 is 10.7 Å². The van der Waals surface area contributed by atoms with Crippen LogP contribution in [0.1, 0.15) is 56.4 Å². The number of alkyl halides is 3. The van der Waals surface area contributed by atoms with Gasteiger partial charge in [-0.15, -0.1) is 0 Å². The Labute approximate surface area is 180 Å². The number of hydrazone groups is 1. The SMILES string of the molecule is Cc1c(C(=O)Nc2ccccc2C(F)(F)F)oc2c1/C(=N/NC(=O)c1ccco1)CCC2. The van der Waals surface area contributed by atoms with Crippen LogP contribution in [0.2, 0.25) is 0 Å². The number of carbonyl (C=O) groups excluding carboxylic acids is 2. The van der Waals surface area contributed by atoms with Crippen LogP contribution in [0, 0.1) is 6.92 Å². The number of hydrogen-bond acceptors (Lipinski definition) is 5. The van der Waals surface area contributed by atoms with E-state index in [0.717, 1.165) is 6.07 Å². The van der Waals surface area contributed by atoms with Crippen LogP contribution in [-0.2, 0) is 12.6 Å². The zero-order valence-electron chi connectivity index (χ0n) is 16.9. The van der Waals surface area contributed by atoms with E-state index in [1.54, 1.807) is 13.0 Å². The third kappa shape index (κ3) is 4.16. The monoisotopic (exact) mass is 445 g/mol. The van der Waals surface area contributed by atoms with E-state index in [0.29, 0.717) is 41.9 Å². The molecule has 10 heteroatoms. The topological polar surface area (TPSA) is 96.8 Å². The minimum absolute atomic E-state index is 0.0951. The van der Waals surface area contributed by atoms with Crippen molar-refractivity contribution in [3.63, 3.8) is 0 Å². The maximum Gasteiger partial charge on any atom is 0.418 e. The van der Waals surface area contributed by atoms with E-state index in [4.69, 9.17) is 8.83 Å². The van der Waals surface area contributed by atoms with Crippen LogP contribution in [-0.4, -0.2) is 17.5 Å². The lowest BCUT2D eigenvalue weighted by atomic mass is 9.93. The summed E-state index contributed by atoms with van der Waals surface area (Å²) in [7, 11) is 0. The number of aryl methyl sites for hydroxylation is 1. The van der Waals surface area contributed by atoms with Crippen molar-refractivity contribution in [1.82, 2.24) is 5.43 Å². The fraction of sp³-hybridized carbons (Fsp3) is 0.227. The van der Waals surface area contributed by atoms with E-state index in [-0.39, 0.29) is 17.2 Å². The summed E-state index contributed by atoms with van der Waals surface area (Å²) in [5.74, 6) is -0.837. The fourth-order valence-electron chi connectivity index (χ4n) is 3.60. The highest BCUT2D eigenvalue weighted by Crippen LogP contribution is 2.35. The molecule has 0 atom stereocenters. The Morgan fingerprint density at radius 2 is 1.84 bits per heavy atom. The van der Waals surface area contributed by atoms with Crippen molar-refractivity contribution in [1.29, 1.82) is 0 Å². The van der Waals surface area contributed by atoms with Crippen molar-refractivity contribution < 1.29 is 31.6 Å². The van der Waals surface area contributed by atoms with E-state index >= 15 is 0 Å². The van der Waals surface area contributed by atoms with E-state index in [1.807, 2.05) is 0 Å². The first kappa shape index (κ1) is 21.4. The number of fused-ring (bicyclic) bond motifs is 1. The number of furan rings is 2. The molecule has 0 fully saturated rings. The van der Waals surface area contributed by atoms with Gasteiger partial charge in [0.05, 0.1) is 23.2 Å². The number of rotatable bonds is 4. The van der Waals surface area contributed by atoms with Crippen LogP contribution >= 0.6 is 0 Å². The minimum atomic E-state index is -4.62. The smallest absolute Gasteiger partial charge is 0.418 e. The summed E-state index contributed by atoms with van der Waals surface area (Å²) >= 11 is 0. The summed E-state index contributed by atoms with van der Waals surface area (Å²) in [4.78, 5) is 24.8. The number of nitrogens with one attached hydrogen (secondary N) is 2. The molecule has 1 aliphatic carbocycles. The highest BCUT2D eigenvalue weighted by Gasteiger charge is 2.34. The lowest BCUT2D eigenvalue weighted by molar-refractivity contribution is -0.136. The number of carbonyl (C=O) groups is 2. The molecule has 0 aliphatic heterocycles. The number of nitrogens with zero attached hydrogens (tertiary/aromatic N) is 1. The van der Waals surface area contributed by atoms with Gasteiger partial charge in [-0.1, -0.05) is 12.1 Å². The molecule has 0 unspecified atom stereocenters. The van der Waals surface area contributed by atoms with Crippen molar-refractivity contribution >= 4 is 23.2 Å². The highest BCUT2D eigenvalue weighted by atomic mass is 19.4. The van der Waals surface area contributed by atoms with Gasteiger partial charge in [-0.05, 0) is 44.0 Å². The van der Waals surface area contributed by atoms with Gasteiger partial charge in [0.15, 0.2) is 11.5 Å². The molecule has 0 radical (unpaired) electrons. The summed E-state index contributed by atoms with van der Waals surface area (Å²) in [5, 5.41) is 6.45. The van der Waals surface area contributed by atoms with E-state index in [1.165, 1.54) is 30.5 Å². The molecule has 2 heterocycles. The van der Waals surface area contributed by atoms with Crippen LogP contribution in [0.5, 0.6) is 0 Å². The fourth-order valence-corrected chi connectivity index (χ4v) is 3.60. The molecule has 0 saturated carbocycles. The van der Waals surface area contributed by atoms with Crippen molar-refractivity contribution in [2.75, 3.05) is 5.32 Å². The van der Waals surface area contributed by atoms with Crippen molar-refractivity contribution in [2.45, 2.75) is 32.4 Å². The molecule has 2 N–H and O–H groups in total. The van der Waals surface area contributed by atoms with E-state index in [9.17, 15) is 22.8 Å². The number of halogens is 3. The minimum Gasteiger partial charge on any atom is -0.459 e. The lowest BCUT2D eigenvalue weighted by Crippen LogP contribution is -2.21. The number of hydrogen-bond donors (Lipinski definition) is 2. The van der Waals surface area contributed by atoms with Gasteiger partial charge >= 0.3 is 12.1 Å². The van der Waals surface area contributed by atoms with Gasteiger partial charge in [0.2, 0.25) is 0 Å². The van der Waals surface area contributed by atoms with Gasteiger partial charge < -0.3 is 14.2 Å². The summed E-state index contributed by atoms with van der Waals surface area (Å²) in [5.41, 5.74) is 2.63. The zero-order chi connectivity index (χ0) is 22.9. The molecule has 1 aromatic carbocycles. The Hall–Kier alpha value is -3.82. The largest absolute Gasteiger partial charge is 0.459 e. The zero-order valence-corrected chi connectivity index (χ0v) is 16.9. The lowest BCUT2D eigenvalue weighted by Gasteiger charge is -2.13. The average molecular weight is 445 g/mol. The normalized spacial score (nSPS) is 14.8. The molecule has 2 amide bonds. The Morgan fingerprint density at radius 1 is 1.06 bits per heavy atom. The Morgan fingerprint density at radius 3 is 2.56 bits per heavy atom. The summed E-state index contributed by atoms with van der Waals surface area (Å²) in [6.45, 7) is 1.63. The molecule has 1 aliphatic rings. The quantitative estimate of drug-likeness (QED) is 0.557. The molecular weight excluding hydrogens is 427 g/mol. The first-order valence-electron chi connectivity index (χ1n) is 9.76. The van der Waals surface area contributed by atoms with Crippen molar-refractivity contribution in [3.8, 4) is 0 Å². The van der Waals surface area contributed by atoms with Gasteiger partial charge in [0, 0.05) is 17.5 Å². The predicted octanol–water partition coefficient (Wildman–Crippen LogP) is 4.92. The number of benzene rings is 1. The molecular formula is C22H18F3N3O4. The predicted molar refractivity (Wildman–Crippen MR) is 108 cm³/mol. The van der Waals surface area contributed by atoms with Crippen LogP contribution in [0.25, 0.3) is 0 Å². The second kappa shape index (κ2) is 8.37. The molecule has 32 heavy (non-hydrogen) atoms. The van der Waals surface area contributed by atoms with Crippen LogP contribution in [0.4, 0.5) is 18.9 Å². The standard InChI is InChI=1S/C22H18F3N3O4/c1-12-18-15(27-28-20(29)17-10-5-11-31-17)8-4-9-16(18)32-19(12)21(30)26-14-7-3-2-6-13(14)22(23,24)25/h2-3,5-7,10-11H,4,8-9H2,1H3,(H,26,30)(H,28,29)/b27-15+. The molecule has 0 saturated heterocycles. The Balaban J connectivity index is 1.60. The first-order chi connectivity index (χ1) is 15.3. The van der Waals surface area contributed by atoms with Crippen molar-refractivity contribution in [2.24, 2.45) is 5.10 Å². The maximum absolute atomic E-state index is 13.2. The van der Waals surface area contributed by atoms with E-state index in [2.05, 4.69) is 15.8 Å². The van der Waals surface area contributed by atoms with Gasteiger partial charge in [-0.25, -0.2) is 5.43 Å². The Bertz CT molecular complexity index is 1190. The molecule has 4 rings (SSSR count). The van der Waals surface area contributed by atoms with Crippen LogP contribution in [0.15, 0.2) is 56.6 Å². The average Bonchev–Trinajstić information content (AvgIpc) is 3.40. The van der Waals surface area contributed by atoms with Crippen molar-refractivity contribution in [3.05, 3.63) is 76.6 Å². The second-order valence-corrected chi connectivity index (χ2v) is 7.18. The van der Waals surface area contributed by atoms with E-state index < -0.39 is 23.6 Å². The summed E-state index contributed by atoms with van der Waals surface area (Å²) in [6, 6.07) is 7.78. The first-order valence-corrected chi connectivity index (χ1v) is 9.76. The number of anilines is 1. The van der Waals surface area contributed by atoms with Crippen LogP contribution in [0.3, 0.4) is 0 Å². The second-order valence-electron chi connectivity index (χ2n) is 7.18. The molecule has 0 spiro atoms. The molecule has 0 bridgehead atoms.